The molecule has 1 unspecified atom stereocenters. The van der Waals surface area contributed by atoms with Gasteiger partial charge in [-0.3, -0.25) is 9.59 Å². The number of carbonyl (C=O) groups is 2. The molecule has 1 atom stereocenters. The van der Waals surface area contributed by atoms with E-state index in [1.165, 1.54) is 0 Å². The van der Waals surface area contributed by atoms with E-state index in [0.717, 1.165) is 25.9 Å². The number of nitrogens with one attached hydrogen (secondary N) is 1. The predicted octanol–water partition coefficient (Wildman–Crippen LogP) is 0.554. The van der Waals surface area contributed by atoms with Crippen molar-refractivity contribution in [1.82, 2.24) is 10.2 Å². The van der Waals surface area contributed by atoms with Crippen LogP contribution in [-0.2, 0) is 9.59 Å². The van der Waals surface area contributed by atoms with E-state index in [0.29, 0.717) is 0 Å². The number of piperidine rings is 1. The number of amides is 1. The molecular formula is C12H22N2O3. The van der Waals surface area contributed by atoms with Crippen molar-refractivity contribution >= 4 is 11.9 Å². The van der Waals surface area contributed by atoms with Crippen molar-refractivity contribution in [3.8, 4) is 0 Å². The van der Waals surface area contributed by atoms with Gasteiger partial charge in [0.25, 0.3) is 0 Å². The van der Waals surface area contributed by atoms with Crippen molar-refractivity contribution in [3.05, 3.63) is 0 Å². The lowest BCUT2D eigenvalue weighted by atomic mass is 9.94. The van der Waals surface area contributed by atoms with Gasteiger partial charge >= 0.3 is 5.97 Å². The largest absolute Gasteiger partial charge is 0.481 e. The molecule has 0 aromatic heterocycles. The van der Waals surface area contributed by atoms with E-state index in [9.17, 15) is 9.59 Å². The van der Waals surface area contributed by atoms with Gasteiger partial charge in [0.2, 0.25) is 5.91 Å². The lowest BCUT2D eigenvalue weighted by molar-refractivity contribution is -0.149. The maximum absolute atomic E-state index is 11.9. The summed E-state index contributed by atoms with van der Waals surface area (Å²) >= 11 is 0. The van der Waals surface area contributed by atoms with E-state index in [2.05, 4.69) is 10.2 Å². The van der Waals surface area contributed by atoms with Gasteiger partial charge in [-0.15, -0.1) is 0 Å². The minimum Gasteiger partial charge on any atom is -0.481 e. The second-order valence-corrected chi connectivity index (χ2v) is 5.15. The van der Waals surface area contributed by atoms with E-state index in [4.69, 9.17) is 5.11 Å². The van der Waals surface area contributed by atoms with E-state index in [1.54, 1.807) is 13.8 Å². The van der Waals surface area contributed by atoms with Gasteiger partial charge in [-0.25, -0.2) is 0 Å². The van der Waals surface area contributed by atoms with Gasteiger partial charge in [-0.05, 0) is 38.9 Å². The van der Waals surface area contributed by atoms with Gasteiger partial charge in [0.05, 0.1) is 0 Å². The molecule has 0 saturated carbocycles. The van der Waals surface area contributed by atoms with Crippen molar-refractivity contribution in [2.24, 2.45) is 11.8 Å². The van der Waals surface area contributed by atoms with Gasteiger partial charge < -0.3 is 15.3 Å². The van der Waals surface area contributed by atoms with Crippen LogP contribution >= 0.6 is 0 Å². The first-order valence-electron chi connectivity index (χ1n) is 6.13. The van der Waals surface area contributed by atoms with E-state index >= 15 is 0 Å². The molecule has 0 aromatic carbocycles. The normalized spacial score (nSPS) is 20.2. The molecule has 98 valence electrons. The van der Waals surface area contributed by atoms with E-state index in [1.807, 2.05) is 7.05 Å². The Labute approximate surface area is 102 Å². The minimum absolute atomic E-state index is 0.124. The number of nitrogens with zero attached hydrogens (tertiary/aromatic N) is 1. The molecular weight excluding hydrogens is 220 g/mol. The van der Waals surface area contributed by atoms with Crippen molar-refractivity contribution in [2.75, 3.05) is 20.1 Å². The Morgan fingerprint density at radius 2 is 1.82 bits per heavy atom. The number of aliphatic carboxylic acids is 1. The van der Waals surface area contributed by atoms with Crippen molar-refractivity contribution in [3.63, 3.8) is 0 Å². The van der Waals surface area contributed by atoms with E-state index in [-0.39, 0.29) is 17.9 Å². The second-order valence-electron chi connectivity index (χ2n) is 5.15. The van der Waals surface area contributed by atoms with Gasteiger partial charge in [0.1, 0.15) is 5.92 Å². The van der Waals surface area contributed by atoms with Crippen molar-refractivity contribution in [1.29, 1.82) is 0 Å². The smallest absolute Gasteiger partial charge is 0.316 e. The molecule has 1 heterocycles. The quantitative estimate of drug-likeness (QED) is 0.706. The number of carboxylic acid groups (broad SMARTS) is 1. The molecule has 0 aromatic rings. The summed E-state index contributed by atoms with van der Waals surface area (Å²) in [6, 6.07) is 0.124. The Morgan fingerprint density at radius 1 is 1.29 bits per heavy atom. The van der Waals surface area contributed by atoms with Crippen LogP contribution in [0, 0.1) is 11.8 Å². The average molecular weight is 242 g/mol. The number of carbonyl (C=O) groups excluding carboxylic acids is 1. The molecule has 1 fully saturated rings. The standard InChI is InChI=1S/C12H22N2O3/c1-8(2)10(12(16)17)11(15)13-9-4-6-14(3)7-5-9/h8-10H,4-7H2,1-3H3,(H,13,15)(H,16,17). The van der Waals surface area contributed by atoms with Crippen molar-refractivity contribution < 1.29 is 14.7 Å². The third kappa shape index (κ3) is 4.00. The first-order valence-corrected chi connectivity index (χ1v) is 6.13. The first-order chi connectivity index (χ1) is 7.91. The summed E-state index contributed by atoms with van der Waals surface area (Å²) in [7, 11) is 2.05. The Kier molecular flexibility index (Phi) is 4.93. The van der Waals surface area contributed by atoms with Crippen LogP contribution in [0.25, 0.3) is 0 Å². The highest BCUT2D eigenvalue weighted by Gasteiger charge is 2.31. The highest BCUT2D eigenvalue weighted by Crippen LogP contribution is 2.14. The summed E-state index contributed by atoms with van der Waals surface area (Å²) < 4.78 is 0. The minimum atomic E-state index is -1.04. The summed E-state index contributed by atoms with van der Waals surface area (Å²) in [4.78, 5) is 25.1. The number of hydrogen-bond acceptors (Lipinski definition) is 3. The average Bonchev–Trinajstić information content (AvgIpc) is 2.20. The lowest BCUT2D eigenvalue weighted by Crippen LogP contribution is -2.47. The topological polar surface area (TPSA) is 69.6 Å². The van der Waals surface area contributed by atoms with Crippen LogP contribution in [0.5, 0.6) is 0 Å². The Hall–Kier alpha value is -1.10. The maximum Gasteiger partial charge on any atom is 0.316 e. The summed E-state index contributed by atoms with van der Waals surface area (Å²) in [6.45, 7) is 5.41. The third-order valence-corrected chi connectivity index (χ3v) is 3.28. The Bertz CT molecular complexity index is 283. The van der Waals surface area contributed by atoms with Crippen LogP contribution in [0.15, 0.2) is 0 Å². The molecule has 5 nitrogen and oxygen atoms in total. The zero-order valence-electron chi connectivity index (χ0n) is 10.8. The zero-order valence-corrected chi connectivity index (χ0v) is 10.8. The van der Waals surface area contributed by atoms with Crippen LogP contribution in [-0.4, -0.2) is 48.1 Å². The summed E-state index contributed by atoms with van der Waals surface area (Å²) in [5.41, 5.74) is 0. The van der Waals surface area contributed by atoms with E-state index < -0.39 is 11.9 Å². The molecule has 17 heavy (non-hydrogen) atoms. The molecule has 1 amide bonds. The van der Waals surface area contributed by atoms with Gasteiger partial charge in [-0.1, -0.05) is 13.8 Å². The third-order valence-electron chi connectivity index (χ3n) is 3.28. The highest BCUT2D eigenvalue weighted by molar-refractivity contribution is 5.97. The lowest BCUT2D eigenvalue weighted by Gasteiger charge is -2.30. The fourth-order valence-corrected chi connectivity index (χ4v) is 2.14. The Balaban J connectivity index is 2.50. The SMILES string of the molecule is CC(C)C(C(=O)O)C(=O)NC1CCN(C)CC1. The van der Waals surface area contributed by atoms with Gasteiger partial charge in [0, 0.05) is 6.04 Å². The fourth-order valence-electron chi connectivity index (χ4n) is 2.14. The Morgan fingerprint density at radius 3 is 2.24 bits per heavy atom. The highest BCUT2D eigenvalue weighted by atomic mass is 16.4. The van der Waals surface area contributed by atoms with Crippen LogP contribution in [0.4, 0.5) is 0 Å². The molecule has 2 N–H and O–H groups in total. The number of hydrogen-bond donors (Lipinski definition) is 2. The molecule has 1 saturated heterocycles. The van der Waals surface area contributed by atoms with Gasteiger partial charge in [-0.2, -0.15) is 0 Å². The zero-order chi connectivity index (χ0) is 13.0. The molecule has 1 aliphatic rings. The van der Waals surface area contributed by atoms with Crippen LogP contribution in [0.2, 0.25) is 0 Å². The molecule has 5 heteroatoms. The fraction of sp³-hybridized carbons (Fsp3) is 0.833. The summed E-state index contributed by atoms with van der Waals surface area (Å²) in [6.07, 6.45) is 1.79. The summed E-state index contributed by atoms with van der Waals surface area (Å²) in [5.74, 6) is -2.50. The van der Waals surface area contributed by atoms with Crippen LogP contribution in [0.1, 0.15) is 26.7 Å². The molecule has 0 aliphatic carbocycles. The monoisotopic (exact) mass is 242 g/mol. The number of likely N-dealkylation sites (tertiary alicyclic amines) is 1. The number of rotatable bonds is 4. The van der Waals surface area contributed by atoms with Crippen LogP contribution in [0.3, 0.4) is 0 Å². The molecule has 1 rings (SSSR count). The van der Waals surface area contributed by atoms with Crippen LogP contribution < -0.4 is 5.32 Å². The first kappa shape index (κ1) is 14.0. The maximum atomic E-state index is 11.9. The molecule has 0 spiro atoms. The van der Waals surface area contributed by atoms with Gasteiger partial charge in [0.15, 0.2) is 0 Å². The predicted molar refractivity (Wildman–Crippen MR) is 64.6 cm³/mol. The second kappa shape index (κ2) is 6.00. The van der Waals surface area contributed by atoms with Crippen molar-refractivity contribution in [2.45, 2.75) is 32.7 Å². The summed E-state index contributed by atoms with van der Waals surface area (Å²) in [5, 5.41) is 11.9. The molecule has 0 radical (unpaired) electrons. The number of carboxylic acids is 1. The molecule has 0 bridgehead atoms. The molecule has 1 aliphatic heterocycles.